The Hall–Kier alpha value is -0.610. The zero-order valence-electron chi connectivity index (χ0n) is 12.8. The van der Waals surface area contributed by atoms with Gasteiger partial charge in [-0.3, -0.25) is 9.69 Å². The van der Waals surface area contributed by atoms with Gasteiger partial charge in [-0.15, -0.1) is 0 Å². The molecule has 0 aromatic heterocycles. The summed E-state index contributed by atoms with van der Waals surface area (Å²) in [6.45, 7) is 13.5. The molecule has 0 rings (SSSR count). The molecule has 0 spiro atoms. The number of nitrogens with one attached hydrogen (secondary N) is 1. The zero-order chi connectivity index (χ0) is 14.2. The van der Waals surface area contributed by atoms with Crippen molar-refractivity contribution in [1.29, 1.82) is 0 Å². The molecule has 108 valence electrons. The van der Waals surface area contributed by atoms with Gasteiger partial charge in [0.15, 0.2) is 0 Å². The average molecular weight is 257 g/mol. The molecule has 0 atom stereocenters. The van der Waals surface area contributed by atoms with E-state index < -0.39 is 0 Å². The number of carbonyl (C=O) groups excluding carboxylic acids is 1. The van der Waals surface area contributed by atoms with Crippen molar-refractivity contribution in [2.45, 2.75) is 53.0 Å². The number of nitrogens with two attached hydrogens (primary N) is 1. The van der Waals surface area contributed by atoms with E-state index in [9.17, 15) is 4.79 Å². The van der Waals surface area contributed by atoms with Crippen molar-refractivity contribution in [2.75, 3.05) is 26.2 Å². The Balaban J connectivity index is 4.25. The molecule has 0 aromatic rings. The highest BCUT2D eigenvalue weighted by atomic mass is 16.2. The van der Waals surface area contributed by atoms with Gasteiger partial charge in [-0.05, 0) is 45.7 Å². The Morgan fingerprint density at radius 1 is 1.39 bits per heavy atom. The molecule has 0 saturated heterocycles. The quantitative estimate of drug-likeness (QED) is 0.659. The summed E-state index contributed by atoms with van der Waals surface area (Å²) in [5.74, 6) is 0.675. The van der Waals surface area contributed by atoms with Crippen LogP contribution in [0.3, 0.4) is 0 Å². The van der Waals surface area contributed by atoms with Crippen LogP contribution in [0.1, 0.15) is 47.5 Å². The molecule has 0 radical (unpaired) electrons. The van der Waals surface area contributed by atoms with Crippen molar-refractivity contribution in [3.8, 4) is 0 Å². The van der Waals surface area contributed by atoms with Gasteiger partial charge in [0, 0.05) is 12.1 Å². The Labute approximate surface area is 112 Å². The molecule has 1 amide bonds. The van der Waals surface area contributed by atoms with Crippen LogP contribution in [0.15, 0.2) is 0 Å². The number of hydrogen-bond donors (Lipinski definition) is 2. The number of hydrogen-bond acceptors (Lipinski definition) is 3. The summed E-state index contributed by atoms with van der Waals surface area (Å²) in [6, 6.07) is 0. The van der Waals surface area contributed by atoms with E-state index in [2.05, 4.69) is 44.8 Å². The molecule has 18 heavy (non-hydrogen) atoms. The van der Waals surface area contributed by atoms with Gasteiger partial charge < -0.3 is 11.1 Å². The van der Waals surface area contributed by atoms with Crippen LogP contribution in [-0.4, -0.2) is 42.5 Å². The van der Waals surface area contributed by atoms with Gasteiger partial charge in [-0.2, -0.15) is 0 Å². The largest absolute Gasteiger partial charge is 0.350 e. The molecular formula is C14H31N3O. The van der Waals surface area contributed by atoms with Gasteiger partial charge in [0.2, 0.25) is 5.91 Å². The van der Waals surface area contributed by atoms with Gasteiger partial charge in [-0.1, -0.05) is 20.8 Å². The van der Waals surface area contributed by atoms with Gasteiger partial charge >= 0.3 is 0 Å². The molecule has 0 fully saturated rings. The highest BCUT2D eigenvalue weighted by Crippen LogP contribution is 2.07. The van der Waals surface area contributed by atoms with Gasteiger partial charge in [-0.25, -0.2) is 0 Å². The zero-order valence-corrected chi connectivity index (χ0v) is 12.8. The molecule has 4 nitrogen and oxygen atoms in total. The van der Waals surface area contributed by atoms with Crippen molar-refractivity contribution < 1.29 is 4.79 Å². The summed E-state index contributed by atoms with van der Waals surface area (Å²) in [5, 5.41) is 3.07. The fourth-order valence-corrected chi connectivity index (χ4v) is 1.77. The first-order chi connectivity index (χ1) is 8.30. The Bertz CT molecular complexity index is 239. The normalized spacial score (nSPS) is 12.2. The lowest BCUT2D eigenvalue weighted by Gasteiger charge is -2.28. The van der Waals surface area contributed by atoms with Crippen molar-refractivity contribution in [3.05, 3.63) is 0 Å². The monoisotopic (exact) mass is 257 g/mol. The van der Waals surface area contributed by atoms with Crippen LogP contribution in [0.5, 0.6) is 0 Å². The molecule has 3 N–H and O–H groups in total. The maximum atomic E-state index is 12.0. The van der Waals surface area contributed by atoms with Crippen LogP contribution < -0.4 is 11.1 Å². The van der Waals surface area contributed by atoms with Crippen LogP contribution in [0, 0.1) is 5.92 Å². The number of amides is 1. The Morgan fingerprint density at radius 3 is 2.44 bits per heavy atom. The molecule has 0 aliphatic heterocycles. The van der Waals surface area contributed by atoms with Crippen molar-refractivity contribution in [2.24, 2.45) is 11.7 Å². The summed E-state index contributed by atoms with van der Waals surface area (Å²) in [5.41, 5.74) is 5.42. The van der Waals surface area contributed by atoms with E-state index >= 15 is 0 Å². The minimum Gasteiger partial charge on any atom is -0.350 e. The third-order valence-corrected chi connectivity index (χ3v) is 3.03. The molecule has 4 heteroatoms. The van der Waals surface area contributed by atoms with Crippen LogP contribution >= 0.6 is 0 Å². The van der Waals surface area contributed by atoms with E-state index in [0.29, 0.717) is 19.0 Å². The first kappa shape index (κ1) is 17.4. The number of rotatable bonds is 9. The predicted molar refractivity (Wildman–Crippen MR) is 77.5 cm³/mol. The lowest BCUT2D eigenvalue weighted by Crippen LogP contribution is -2.48. The van der Waals surface area contributed by atoms with E-state index in [-0.39, 0.29) is 11.4 Å². The standard InChI is InChI=1S/C14H31N3O/c1-6-14(4,5)16-13(18)11-17(9-7-8-15)10-12(2)3/h12H,6-11,15H2,1-5H3,(H,16,18). The van der Waals surface area contributed by atoms with Crippen molar-refractivity contribution >= 4 is 5.91 Å². The summed E-state index contributed by atoms with van der Waals surface area (Å²) < 4.78 is 0. The van der Waals surface area contributed by atoms with Crippen LogP contribution in [0.4, 0.5) is 0 Å². The topological polar surface area (TPSA) is 58.4 Å². The van der Waals surface area contributed by atoms with Gasteiger partial charge in [0.05, 0.1) is 6.54 Å². The second kappa shape index (κ2) is 8.48. The summed E-state index contributed by atoms with van der Waals surface area (Å²) in [7, 11) is 0. The highest BCUT2D eigenvalue weighted by molar-refractivity contribution is 5.78. The first-order valence-electron chi connectivity index (χ1n) is 7.04. The van der Waals surface area contributed by atoms with E-state index in [1.807, 2.05) is 0 Å². The SMILES string of the molecule is CCC(C)(C)NC(=O)CN(CCCN)CC(C)C. The average Bonchev–Trinajstić information content (AvgIpc) is 2.24. The lowest BCUT2D eigenvalue weighted by molar-refractivity contribution is -0.124. The lowest BCUT2D eigenvalue weighted by atomic mass is 10.0. The molecule has 0 heterocycles. The van der Waals surface area contributed by atoms with E-state index in [1.54, 1.807) is 0 Å². The highest BCUT2D eigenvalue weighted by Gasteiger charge is 2.19. The van der Waals surface area contributed by atoms with E-state index in [4.69, 9.17) is 5.73 Å². The second-order valence-corrected chi connectivity index (χ2v) is 6.06. The first-order valence-corrected chi connectivity index (χ1v) is 7.04. The van der Waals surface area contributed by atoms with Gasteiger partial charge in [0.25, 0.3) is 0 Å². The molecule has 0 aliphatic rings. The maximum absolute atomic E-state index is 12.0. The summed E-state index contributed by atoms with van der Waals surface area (Å²) in [4.78, 5) is 14.2. The summed E-state index contributed by atoms with van der Waals surface area (Å²) in [6.07, 6.45) is 1.88. The third kappa shape index (κ3) is 8.48. The van der Waals surface area contributed by atoms with Gasteiger partial charge in [0.1, 0.15) is 0 Å². The van der Waals surface area contributed by atoms with Crippen molar-refractivity contribution in [3.63, 3.8) is 0 Å². The Kier molecular flexibility index (Phi) is 8.20. The second-order valence-electron chi connectivity index (χ2n) is 6.06. The van der Waals surface area contributed by atoms with E-state index in [1.165, 1.54) is 0 Å². The Morgan fingerprint density at radius 2 is 2.00 bits per heavy atom. The molecule has 0 unspecified atom stereocenters. The third-order valence-electron chi connectivity index (χ3n) is 3.03. The maximum Gasteiger partial charge on any atom is 0.234 e. The minimum absolute atomic E-state index is 0.111. The molecule has 0 aliphatic carbocycles. The molecule has 0 aromatic carbocycles. The van der Waals surface area contributed by atoms with Crippen LogP contribution in [0.2, 0.25) is 0 Å². The van der Waals surface area contributed by atoms with Crippen LogP contribution in [-0.2, 0) is 4.79 Å². The molecule has 0 bridgehead atoms. The van der Waals surface area contributed by atoms with Crippen molar-refractivity contribution in [1.82, 2.24) is 10.2 Å². The molecule has 0 saturated carbocycles. The predicted octanol–water partition coefficient (Wildman–Crippen LogP) is 1.60. The van der Waals surface area contributed by atoms with Crippen LogP contribution in [0.25, 0.3) is 0 Å². The number of carbonyl (C=O) groups is 1. The molecular weight excluding hydrogens is 226 g/mol. The smallest absolute Gasteiger partial charge is 0.234 e. The minimum atomic E-state index is -0.117. The number of nitrogens with zero attached hydrogens (tertiary/aromatic N) is 1. The fourth-order valence-electron chi connectivity index (χ4n) is 1.77. The van der Waals surface area contributed by atoms with E-state index in [0.717, 1.165) is 25.9 Å². The summed E-state index contributed by atoms with van der Waals surface area (Å²) >= 11 is 0. The fraction of sp³-hybridized carbons (Fsp3) is 0.929.